The minimum absolute atomic E-state index is 0.139. The van der Waals surface area contributed by atoms with Crippen LogP contribution in [0.4, 0.5) is 0 Å². The molecule has 10 unspecified atom stereocenters. The maximum absolute atomic E-state index is 11.7. The number of aliphatic hydroxyl groups excluding tert-OH is 3. The second kappa shape index (κ2) is 11.3. The van der Waals surface area contributed by atoms with E-state index in [1.807, 2.05) is 0 Å². The molecular formula is C30H54O3. The minimum Gasteiger partial charge on any atom is -0.393 e. The fourth-order valence-corrected chi connectivity index (χ4v) is 8.78. The first-order valence-electron chi connectivity index (χ1n) is 14.8. The smallest absolute Gasteiger partial charge is 0.0596 e. The lowest BCUT2D eigenvalue weighted by atomic mass is 9.60. The molecule has 192 valence electrons. The van der Waals surface area contributed by atoms with Gasteiger partial charge in [0.15, 0.2) is 0 Å². The fraction of sp³-hybridized carbons (Fsp3) is 1.00. The van der Waals surface area contributed by atoms with Crippen molar-refractivity contribution < 1.29 is 15.3 Å². The minimum atomic E-state index is -0.159. The van der Waals surface area contributed by atoms with E-state index in [9.17, 15) is 15.3 Å². The van der Waals surface area contributed by atoms with E-state index < -0.39 is 0 Å². The molecule has 33 heavy (non-hydrogen) atoms. The van der Waals surface area contributed by atoms with Crippen molar-refractivity contribution in [2.45, 2.75) is 129 Å². The molecule has 0 radical (unpaired) electrons. The molecule has 3 N–H and O–H groups in total. The Kier molecular flexibility index (Phi) is 8.88. The number of hydrogen-bond donors (Lipinski definition) is 3. The van der Waals surface area contributed by atoms with Crippen LogP contribution >= 0.6 is 0 Å². The zero-order chi connectivity index (χ0) is 23.7. The first-order valence-corrected chi connectivity index (χ1v) is 14.8. The van der Waals surface area contributed by atoms with Crippen LogP contribution in [0, 0.1) is 59.2 Å². The standard InChI is InChI=1S/C30H54O3/c1-18-12-28(31)20(3)10-23(18)14-26-16-25(22-8-6-5-7-9-22)17-27(30(26)33)15-24-11-21(4)29(32)13-19(24)2/h18-33H,5-17H2,1-4H3. The maximum Gasteiger partial charge on any atom is 0.0596 e. The lowest BCUT2D eigenvalue weighted by Gasteiger charge is -2.47. The molecule has 0 aromatic heterocycles. The Morgan fingerprint density at radius 3 is 1.39 bits per heavy atom. The van der Waals surface area contributed by atoms with Gasteiger partial charge in [0.05, 0.1) is 18.3 Å². The number of hydrogen-bond acceptors (Lipinski definition) is 3. The molecule has 0 saturated heterocycles. The highest BCUT2D eigenvalue weighted by Crippen LogP contribution is 2.49. The van der Waals surface area contributed by atoms with E-state index in [4.69, 9.17) is 0 Å². The van der Waals surface area contributed by atoms with Crippen molar-refractivity contribution >= 4 is 0 Å². The van der Waals surface area contributed by atoms with Crippen molar-refractivity contribution in [1.82, 2.24) is 0 Å². The number of aliphatic hydroxyl groups is 3. The summed E-state index contributed by atoms with van der Waals surface area (Å²) in [6.07, 6.45) is 15.5. The van der Waals surface area contributed by atoms with Gasteiger partial charge in [-0.3, -0.25) is 0 Å². The molecule has 0 bridgehead atoms. The maximum atomic E-state index is 11.7. The van der Waals surface area contributed by atoms with Crippen molar-refractivity contribution in [3.05, 3.63) is 0 Å². The Hall–Kier alpha value is -0.120. The molecule has 10 atom stereocenters. The summed E-state index contributed by atoms with van der Waals surface area (Å²) in [5, 5.41) is 32.4. The molecule has 4 rings (SSSR count). The van der Waals surface area contributed by atoms with Gasteiger partial charge in [0, 0.05) is 0 Å². The van der Waals surface area contributed by atoms with Gasteiger partial charge < -0.3 is 15.3 Å². The van der Waals surface area contributed by atoms with E-state index in [1.165, 1.54) is 44.9 Å². The summed E-state index contributed by atoms with van der Waals surface area (Å²) in [6, 6.07) is 0. The van der Waals surface area contributed by atoms with Crippen LogP contribution in [0.15, 0.2) is 0 Å². The van der Waals surface area contributed by atoms with Crippen LogP contribution in [0.25, 0.3) is 0 Å². The van der Waals surface area contributed by atoms with Crippen molar-refractivity contribution in [3.63, 3.8) is 0 Å². The largest absolute Gasteiger partial charge is 0.393 e. The number of rotatable bonds is 5. The van der Waals surface area contributed by atoms with Crippen LogP contribution in [0.1, 0.15) is 111 Å². The van der Waals surface area contributed by atoms with Gasteiger partial charge in [-0.2, -0.15) is 0 Å². The molecule has 0 amide bonds. The molecule has 4 fully saturated rings. The summed E-state index contributed by atoms with van der Waals surface area (Å²) in [5.74, 6) is 5.78. The van der Waals surface area contributed by atoms with E-state index in [-0.39, 0.29) is 18.3 Å². The Labute approximate surface area is 204 Å². The van der Waals surface area contributed by atoms with Crippen LogP contribution in [0.5, 0.6) is 0 Å². The van der Waals surface area contributed by atoms with E-state index in [1.54, 1.807) is 0 Å². The Morgan fingerprint density at radius 2 is 0.939 bits per heavy atom. The highest BCUT2D eigenvalue weighted by atomic mass is 16.3. The molecule has 4 saturated carbocycles. The zero-order valence-corrected chi connectivity index (χ0v) is 22.0. The molecule has 0 aromatic carbocycles. The first kappa shape index (κ1) is 26.0. The van der Waals surface area contributed by atoms with Crippen LogP contribution in [-0.4, -0.2) is 33.6 Å². The monoisotopic (exact) mass is 462 g/mol. The van der Waals surface area contributed by atoms with E-state index in [2.05, 4.69) is 27.7 Å². The van der Waals surface area contributed by atoms with Gasteiger partial charge in [-0.05, 0) is 111 Å². The highest BCUT2D eigenvalue weighted by Gasteiger charge is 2.44. The predicted octanol–water partition coefficient (Wildman–Crippen LogP) is 6.44. The second-order valence-corrected chi connectivity index (χ2v) is 13.6. The first-order chi connectivity index (χ1) is 15.7. The summed E-state index contributed by atoms with van der Waals surface area (Å²) >= 11 is 0. The zero-order valence-electron chi connectivity index (χ0n) is 22.0. The lowest BCUT2D eigenvalue weighted by Crippen LogP contribution is -2.44. The molecule has 0 heterocycles. The third-order valence-electron chi connectivity index (χ3n) is 11.2. The van der Waals surface area contributed by atoms with Gasteiger partial charge in [0.25, 0.3) is 0 Å². The summed E-state index contributed by atoms with van der Waals surface area (Å²) < 4.78 is 0. The van der Waals surface area contributed by atoms with Crippen molar-refractivity contribution in [2.24, 2.45) is 59.2 Å². The topological polar surface area (TPSA) is 60.7 Å². The van der Waals surface area contributed by atoms with Crippen LogP contribution < -0.4 is 0 Å². The Bertz CT molecular complexity index is 559. The third kappa shape index (κ3) is 6.18. The van der Waals surface area contributed by atoms with Gasteiger partial charge in [0.2, 0.25) is 0 Å². The van der Waals surface area contributed by atoms with Crippen molar-refractivity contribution in [3.8, 4) is 0 Å². The fourth-order valence-electron chi connectivity index (χ4n) is 8.78. The van der Waals surface area contributed by atoms with E-state index in [0.29, 0.717) is 47.3 Å². The summed E-state index contributed by atoms with van der Waals surface area (Å²) in [7, 11) is 0. The molecule has 4 aliphatic rings. The highest BCUT2D eigenvalue weighted by molar-refractivity contribution is 4.94. The van der Waals surface area contributed by atoms with Crippen LogP contribution in [0.2, 0.25) is 0 Å². The van der Waals surface area contributed by atoms with Crippen molar-refractivity contribution in [1.29, 1.82) is 0 Å². The van der Waals surface area contributed by atoms with E-state index in [0.717, 1.165) is 50.4 Å². The molecule has 0 spiro atoms. The van der Waals surface area contributed by atoms with E-state index >= 15 is 0 Å². The second-order valence-electron chi connectivity index (χ2n) is 13.6. The van der Waals surface area contributed by atoms with Gasteiger partial charge in [-0.25, -0.2) is 0 Å². The van der Waals surface area contributed by atoms with Crippen molar-refractivity contribution in [2.75, 3.05) is 0 Å². The predicted molar refractivity (Wildman–Crippen MR) is 136 cm³/mol. The molecule has 3 heteroatoms. The van der Waals surface area contributed by atoms with Gasteiger partial charge in [0.1, 0.15) is 0 Å². The SMILES string of the molecule is CC1CC(CC2CC(C3CCCCC3)CC(CC3CC(C)C(O)CC3C)C2O)C(C)CC1O. The van der Waals surface area contributed by atoms with Gasteiger partial charge in [-0.1, -0.05) is 59.8 Å². The quantitative estimate of drug-likeness (QED) is 0.441. The molecule has 0 aliphatic heterocycles. The van der Waals surface area contributed by atoms with Crippen LogP contribution in [0.3, 0.4) is 0 Å². The van der Waals surface area contributed by atoms with Gasteiger partial charge >= 0.3 is 0 Å². The summed E-state index contributed by atoms with van der Waals surface area (Å²) in [5.41, 5.74) is 0. The normalized spacial score (nSPS) is 50.3. The Morgan fingerprint density at radius 1 is 0.485 bits per heavy atom. The van der Waals surface area contributed by atoms with Crippen LogP contribution in [-0.2, 0) is 0 Å². The Balaban J connectivity index is 1.47. The average Bonchev–Trinajstić information content (AvgIpc) is 2.78. The summed E-state index contributed by atoms with van der Waals surface area (Å²) in [4.78, 5) is 0. The summed E-state index contributed by atoms with van der Waals surface area (Å²) in [6.45, 7) is 9.10. The third-order valence-corrected chi connectivity index (χ3v) is 11.2. The molecule has 0 aromatic rings. The molecule has 3 nitrogen and oxygen atoms in total. The van der Waals surface area contributed by atoms with Gasteiger partial charge in [-0.15, -0.1) is 0 Å². The lowest BCUT2D eigenvalue weighted by molar-refractivity contribution is -0.0595. The molecule has 4 aliphatic carbocycles. The molecular weight excluding hydrogens is 408 g/mol. The average molecular weight is 463 g/mol.